The van der Waals surface area contributed by atoms with Crippen LogP contribution in [0, 0.1) is 11.3 Å². The molecule has 1 saturated heterocycles. The van der Waals surface area contributed by atoms with Crippen LogP contribution >= 0.6 is 0 Å². The monoisotopic (exact) mass is 363 g/mol. The number of nitrogens with two attached hydrogens (primary N) is 1. The van der Waals surface area contributed by atoms with Gasteiger partial charge in [0.1, 0.15) is 5.69 Å². The highest BCUT2D eigenvalue weighted by molar-refractivity contribution is 5.95. The first-order chi connectivity index (χ1) is 13.0. The lowest BCUT2D eigenvalue weighted by Gasteiger charge is -2.32. The average molecular weight is 363 g/mol. The summed E-state index contributed by atoms with van der Waals surface area (Å²) < 4.78 is 0. The number of likely N-dealkylation sites (tertiary alicyclic amines) is 1. The molecule has 0 bridgehead atoms. The number of piperidine rings is 1. The van der Waals surface area contributed by atoms with E-state index in [1.54, 1.807) is 0 Å². The molecule has 0 saturated carbocycles. The minimum atomic E-state index is -0.566. The topological polar surface area (TPSA) is 112 Å². The van der Waals surface area contributed by atoms with Crippen LogP contribution in [0.1, 0.15) is 44.8 Å². The molecule has 1 aromatic heterocycles. The molecule has 138 valence electrons. The largest absolute Gasteiger partial charge is 0.366 e. The number of carbonyl (C=O) groups excluding carboxylic acids is 2. The first-order valence-corrected chi connectivity index (χ1v) is 8.83. The van der Waals surface area contributed by atoms with E-state index in [0.29, 0.717) is 5.56 Å². The second-order valence-corrected chi connectivity index (χ2v) is 6.63. The molecule has 0 radical (unpaired) electrons. The third-order valence-corrected chi connectivity index (χ3v) is 4.69. The van der Waals surface area contributed by atoms with Crippen molar-refractivity contribution in [3.05, 3.63) is 65.0 Å². The molecular weight excluding hydrogens is 342 g/mol. The molecule has 1 aliphatic heterocycles. The highest BCUT2D eigenvalue weighted by atomic mass is 16.2. The maximum Gasteiger partial charge on any atom is 0.270 e. The molecule has 0 unspecified atom stereocenters. The van der Waals surface area contributed by atoms with Gasteiger partial charge in [-0.05, 0) is 42.7 Å². The maximum atomic E-state index is 12.3. The van der Waals surface area contributed by atoms with Crippen LogP contribution in [0.25, 0.3) is 0 Å². The molecular formula is C20H21N5O2. The Hall–Kier alpha value is -3.24. The predicted octanol–water partition coefficient (Wildman–Crippen LogP) is 1.45. The van der Waals surface area contributed by atoms with Crippen LogP contribution < -0.4 is 11.1 Å². The summed E-state index contributed by atoms with van der Waals surface area (Å²) >= 11 is 0. The molecule has 2 heterocycles. The molecule has 1 aliphatic rings. The van der Waals surface area contributed by atoms with E-state index in [9.17, 15) is 9.59 Å². The van der Waals surface area contributed by atoms with Gasteiger partial charge in [0, 0.05) is 31.9 Å². The van der Waals surface area contributed by atoms with Gasteiger partial charge < -0.3 is 11.1 Å². The Morgan fingerprint density at radius 3 is 2.44 bits per heavy atom. The van der Waals surface area contributed by atoms with Crippen LogP contribution in [0.2, 0.25) is 0 Å². The lowest BCUT2D eigenvalue weighted by molar-refractivity contribution is 0.0902. The summed E-state index contributed by atoms with van der Waals surface area (Å²) in [6.45, 7) is 2.61. The summed E-state index contributed by atoms with van der Waals surface area (Å²) in [6.07, 6.45) is 3.04. The molecule has 1 fully saturated rings. The van der Waals surface area contributed by atoms with Crippen molar-refractivity contribution in [2.75, 3.05) is 13.1 Å². The summed E-state index contributed by atoms with van der Waals surface area (Å²) in [4.78, 5) is 29.7. The Labute approximate surface area is 157 Å². The van der Waals surface area contributed by atoms with Crippen LogP contribution in [-0.2, 0) is 6.54 Å². The van der Waals surface area contributed by atoms with Gasteiger partial charge in [0.05, 0.1) is 17.2 Å². The second kappa shape index (κ2) is 8.43. The van der Waals surface area contributed by atoms with E-state index in [2.05, 4.69) is 21.3 Å². The number of amides is 2. The van der Waals surface area contributed by atoms with Gasteiger partial charge in [-0.3, -0.25) is 19.5 Å². The van der Waals surface area contributed by atoms with Crippen molar-refractivity contribution in [1.29, 1.82) is 5.26 Å². The number of pyridine rings is 1. The lowest BCUT2D eigenvalue weighted by atomic mass is 10.0. The number of nitriles is 1. The first-order valence-electron chi connectivity index (χ1n) is 8.83. The van der Waals surface area contributed by atoms with Gasteiger partial charge in [-0.2, -0.15) is 5.26 Å². The molecule has 3 N–H and O–H groups in total. The van der Waals surface area contributed by atoms with Gasteiger partial charge in [-0.15, -0.1) is 0 Å². The van der Waals surface area contributed by atoms with Gasteiger partial charge in [0.15, 0.2) is 0 Å². The lowest BCUT2D eigenvalue weighted by Crippen LogP contribution is -2.44. The Morgan fingerprint density at radius 2 is 1.89 bits per heavy atom. The van der Waals surface area contributed by atoms with Crippen LogP contribution in [0.3, 0.4) is 0 Å². The number of rotatable bonds is 5. The average Bonchev–Trinajstić information content (AvgIpc) is 2.70. The number of nitrogens with one attached hydrogen (secondary N) is 1. The molecule has 27 heavy (non-hydrogen) atoms. The fourth-order valence-corrected chi connectivity index (χ4v) is 3.11. The van der Waals surface area contributed by atoms with Crippen LogP contribution in [0.5, 0.6) is 0 Å². The fourth-order valence-electron chi connectivity index (χ4n) is 3.11. The predicted molar refractivity (Wildman–Crippen MR) is 99.7 cm³/mol. The highest BCUT2D eigenvalue weighted by Crippen LogP contribution is 2.15. The quantitative estimate of drug-likeness (QED) is 0.835. The number of nitrogens with zero attached hydrogens (tertiary/aromatic N) is 3. The fraction of sp³-hybridized carbons (Fsp3) is 0.300. The highest BCUT2D eigenvalue weighted by Gasteiger charge is 2.21. The number of benzene rings is 1. The molecule has 2 aromatic rings. The SMILES string of the molecule is N#Cc1ccc(CN2CCC(NC(=O)c3ccc(C(N)=O)cn3)CC2)cc1. The smallest absolute Gasteiger partial charge is 0.270 e. The van der Waals surface area contributed by atoms with E-state index in [4.69, 9.17) is 11.0 Å². The third kappa shape index (κ3) is 4.90. The van der Waals surface area contributed by atoms with E-state index >= 15 is 0 Å². The van der Waals surface area contributed by atoms with Gasteiger partial charge in [0.2, 0.25) is 5.91 Å². The number of aromatic nitrogens is 1. The summed E-state index contributed by atoms with van der Waals surface area (Å²) in [5.74, 6) is -0.805. The van der Waals surface area contributed by atoms with E-state index in [1.165, 1.54) is 23.9 Å². The van der Waals surface area contributed by atoms with E-state index in [0.717, 1.165) is 32.5 Å². The number of carbonyl (C=O) groups is 2. The molecule has 2 amide bonds. The van der Waals surface area contributed by atoms with Crippen LogP contribution in [0.15, 0.2) is 42.6 Å². The number of hydrogen-bond acceptors (Lipinski definition) is 5. The molecule has 0 aliphatic carbocycles. The van der Waals surface area contributed by atoms with Crippen molar-refractivity contribution in [3.63, 3.8) is 0 Å². The minimum Gasteiger partial charge on any atom is -0.366 e. The number of primary amides is 1. The molecule has 0 atom stereocenters. The number of hydrogen-bond donors (Lipinski definition) is 2. The molecule has 1 aromatic carbocycles. The molecule has 7 nitrogen and oxygen atoms in total. The van der Waals surface area contributed by atoms with Crippen molar-refractivity contribution < 1.29 is 9.59 Å². The van der Waals surface area contributed by atoms with Gasteiger partial charge in [0.25, 0.3) is 5.91 Å². The summed E-state index contributed by atoms with van der Waals surface area (Å²) in [5.41, 5.74) is 7.57. The normalized spacial score (nSPS) is 15.1. The molecule has 3 rings (SSSR count). The van der Waals surface area contributed by atoms with E-state index in [1.807, 2.05) is 24.3 Å². The minimum absolute atomic E-state index is 0.104. The van der Waals surface area contributed by atoms with Gasteiger partial charge in [-0.25, -0.2) is 0 Å². The zero-order valence-corrected chi connectivity index (χ0v) is 14.9. The Balaban J connectivity index is 1.48. The van der Waals surface area contributed by atoms with Crippen molar-refractivity contribution >= 4 is 11.8 Å². The van der Waals surface area contributed by atoms with Gasteiger partial charge >= 0.3 is 0 Å². The summed E-state index contributed by atoms with van der Waals surface area (Å²) in [6, 6.07) is 12.9. The molecule has 0 spiro atoms. The van der Waals surface area contributed by atoms with E-state index < -0.39 is 5.91 Å². The van der Waals surface area contributed by atoms with Gasteiger partial charge in [-0.1, -0.05) is 12.1 Å². The van der Waals surface area contributed by atoms with Crippen molar-refractivity contribution in [1.82, 2.24) is 15.2 Å². The van der Waals surface area contributed by atoms with Crippen molar-refractivity contribution in [2.45, 2.75) is 25.4 Å². The van der Waals surface area contributed by atoms with Crippen molar-refractivity contribution in [3.8, 4) is 6.07 Å². The Morgan fingerprint density at radius 1 is 1.19 bits per heavy atom. The summed E-state index contributed by atoms with van der Waals surface area (Å²) in [5, 5.41) is 11.9. The second-order valence-electron chi connectivity index (χ2n) is 6.63. The standard InChI is InChI=1S/C20H21N5O2/c21-11-14-1-3-15(4-2-14)13-25-9-7-17(8-10-25)24-20(27)18-6-5-16(12-23-18)19(22)26/h1-6,12,17H,7-10,13H2,(H2,22,26)(H,24,27). The Bertz CT molecular complexity index is 847. The molecule has 7 heteroatoms. The van der Waals surface area contributed by atoms with Crippen LogP contribution in [0.4, 0.5) is 0 Å². The Kier molecular flexibility index (Phi) is 5.79. The summed E-state index contributed by atoms with van der Waals surface area (Å²) in [7, 11) is 0. The van der Waals surface area contributed by atoms with Crippen LogP contribution in [-0.4, -0.2) is 40.8 Å². The van der Waals surface area contributed by atoms with Crippen molar-refractivity contribution in [2.24, 2.45) is 5.73 Å². The first kappa shape index (κ1) is 18.5. The third-order valence-electron chi connectivity index (χ3n) is 4.69. The maximum absolute atomic E-state index is 12.3. The van der Waals surface area contributed by atoms with E-state index in [-0.39, 0.29) is 23.2 Å². The zero-order chi connectivity index (χ0) is 19.2. The zero-order valence-electron chi connectivity index (χ0n) is 14.9.